The average molecular weight is 314 g/mol. The van der Waals surface area contributed by atoms with Gasteiger partial charge in [0.05, 0.1) is 10.3 Å². The van der Waals surface area contributed by atoms with E-state index in [-0.39, 0.29) is 15.2 Å². The molecule has 1 N–H and O–H groups in total. The standard InChI is InChI=1S/C16H14N2O3S/c1-10-3-6-12(7-4-10)22(20,21)14-9-17-16-13(15(14)19)8-5-11(2)18-16/h3-9H,1-2H3,(H,17,18,19). The van der Waals surface area contributed by atoms with E-state index in [4.69, 9.17) is 0 Å². The molecule has 3 rings (SSSR count). The summed E-state index contributed by atoms with van der Waals surface area (Å²) in [6, 6.07) is 9.67. The Hall–Kier alpha value is -2.47. The molecule has 3 aromatic rings. The molecule has 0 spiro atoms. The van der Waals surface area contributed by atoms with Gasteiger partial charge in [0.25, 0.3) is 0 Å². The van der Waals surface area contributed by atoms with Crippen LogP contribution in [0.15, 0.2) is 57.2 Å². The van der Waals surface area contributed by atoms with Gasteiger partial charge < -0.3 is 4.98 Å². The van der Waals surface area contributed by atoms with Crippen LogP contribution in [0.1, 0.15) is 11.3 Å². The summed E-state index contributed by atoms with van der Waals surface area (Å²) in [5.74, 6) is 0. The van der Waals surface area contributed by atoms with E-state index < -0.39 is 15.3 Å². The third-order valence-corrected chi connectivity index (χ3v) is 5.24. The van der Waals surface area contributed by atoms with Gasteiger partial charge in [-0.2, -0.15) is 0 Å². The van der Waals surface area contributed by atoms with E-state index in [1.54, 1.807) is 31.2 Å². The Labute approximate surface area is 127 Å². The first-order chi connectivity index (χ1) is 10.4. The molecule has 0 bridgehead atoms. The SMILES string of the molecule is Cc1ccc(S(=O)(=O)c2c[nH]c3nc(C)ccc3c2=O)cc1. The van der Waals surface area contributed by atoms with E-state index in [0.717, 1.165) is 11.3 Å². The fraction of sp³-hybridized carbons (Fsp3) is 0.125. The molecular formula is C16H14N2O3S. The maximum Gasteiger partial charge on any atom is 0.211 e. The lowest BCUT2D eigenvalue weighted by atomic mass is 10.2. The summed E-state index contributed by atoms with van der Waals surface area (Å²) in [6.45, 7) is 3.67. The van der Waals surface area contributed by atoms with Crippen molar-refractivity contribution in [2.45, 2.75) is 23.6 Å². The normalized spacial score (nSPS) is 11.7. The van der Waals surface area contributed by atoms with Gasteiger partial charge in [0.1, 0.15) is 10.5 Å². The summed E-state index contributed by atoms with van der Waals surface area (Å²) in [7, 11) is -3.86. The van der Waals surface area contributed by atoms with Crippen LogP contribution in [0.5, 0.6) is 0 Å². The number of pyridine rings is 2. The molecule has 6 heteroatoms. The van der Waals surface area contributed by atoms with Gasteiger partial charge in [-0.25, -0.2) is 13.4 Å². The molecule has 1 aromatic carbocycles. The molecule has 2 aromatic heterocycles. The third-order valence-electron chi connectivity index (χ3n) is 3.46. The number of benzene rings is 1. The first kappa shape index (κ1) is 14.5. The van der Waals surface area contributed by atoms with Crippen molar-refractivity contribution in [3.8, 4) is 0 Å². The summed E-state index contributed by atoms with van der Waals surface area (Å²) in [4.78, 5) is 19.3. The number of hydrogen-bond donors (Lipinski definition) is 1. The molecule has 5 nitrogen and oxygen atoms in total. The first-order valence-electron chi connectivity index (χ1n) is 6.70. The fourth-order valence-electron chi connectivity index (χ4n) is 2.23. The summed E-state index contributed by atoms with van der Waals surface area (Å²) in [5, 5.41) is 0.263. The Balaban J connectivity index is 2.26. The van der Waals surface area contributed by atoms with Gasteiger partial charge >= 0.3 is 0 Å². The monoisotopic (exact) mass is 314 g/mol. The second-order valence-corrected chi connectivity index (χ2v) is 7.07. The van der Waals surface area contributed by atoms with E-state index in [1.807, 2.05) is 6.92 Å². The van der Waals surface area contributed by atoms with Crippen molar-refractivity contribution in [1.82, 2.24) is 9.97 Å². The van der Waals surface area contributed by atoms with E-state index in [0.29, 0.717) is 5.65 Å². The number of H-pyrrole nitrogens is 1. The summed E-state index contributed by atoms with van der Waals surface area (Å²) in [5.41, 5.74) is 1.54. The molecule has 22 heavy (non-hydrogen) atoms. The number of fused-ring (bicyclic) bond motifs is 1. The van der Waals surface area contributed by atoms with Crippen molar-refractivity contribution in [3.05, 3.63) is 64.1 Å². The number of aryl methyl sites for hydroxylation is 2. The van der Waals surface area contributed by atoms with Gasteiger partial charge in [0.15, 0.2) is 0 Å². The van der Waals surface area contributed by atoms with Crippen LogP contribution >= 0.6 is 0 Å². The molecule has 0 amide bonds. The molecule has 0 aliphatic rings. The van der Waals surface area contributed by atoms with E-state index >= 15 is 0 Å². The molecule has 0 radical (unpaired) electrons. The molecule has 0 aliphatic heterocycles. The highest BCUT2D eigenvalue weighted by molar-refractivity contribution is 7.91. The van der Waals surface area contributed by atoms with E-state index in [1.165, 1.54) is 18.3 Å². The quantitative estimate of drug-likeness (QED) is 0.787. The Morgan fingerprint density at radius 3 is 2.36 bits per heavy atom. The highest BCUT2D eigenvalue weighted by Crippen LogP contribution is 2.19. The molecule has 112 valence electrons. The number of rotatable bonds is 2. The minimum atomic E-state index is -3.86. The molecular weight excluding hydrogens is 300 g/mol. The number of sulfone groups is 1. The molecule has 0 fully saturated rings. The van der Waals surface area contributed by atoms with Crippen LogP contribution in [0.4, 0.5) is 0 Å². The van der Waals surface area contributed by atoms with Gasteiger partial charge in [0, 0.05) is 11.9 Å². The van der Waals surface area contributed by atoms with Crippen molar-refractivity contribution in [3.63, 3.8) is 0 Å². The van der Waals surface area contributed by atoms with Gasteiger partial charge in [-0.15, -0.1) is 0 Å². The van der Waals surface area contributed by atoms with Crippen molar-refractivity contribution >= 4 is 20.9 Å². The van der Waals surface area contributed by atoms with Gasteiger partial charge in [-0.1, -0.05) is 17.7 Å². The second kappa shape index (κ2) is 5.06. The summed E-state index contributed by atoms with van der Waals surface area (Å²) in [6.07, 6.45) is 1.21. The number of aromatic nitrogens is 2. The molecule has 0 aliphatic carbocycles. The first-order valence-corrected chi connectivity index (χ1v) is 8.19. The lowest BCUT2D eigenvalue weighted by molar-refractivity contribution is 0.595. The number of nitrogens with zero attached hydrogens (tertiary/aromatic N) is 1. The van der Waals surface area contributed by atoms with Crippen LogP contribution in [0.3, 0.4) is 0 Å². The third kappa shape index (κ3) is 2.31. The predicted octanol–water partition coefficient (Wildman–Crippen LogP) is 2.37. The minimum Gasteiger partial charge on any atom is -0.345 e. The zero-order valence-corrected chi connectivity index (χ0v) is 12.9. The van der Waals surface area contributed by atoms with Crippen molar-refractivity contribution in [2.24, 2.45) is 0 Å². The lowest BCUT2D eigenvalue weighted by Crippen LogP contribution is -2.16. The van der Waals surface area contributed by atoms with Crippen LogP contribution in [-0.4, -0.2) is 18.4 Å². The molecule has 2 heterocycles. The Morgan fingerprint density at radius 2 is 1.68 bits per heavy atom. The maximum atomic E-state index is 12.6. The Morgan fingerprint density at radius 1 is 1.00 bits per heavy atom. The van der Waals surface area contributed by atoms with E-state index in [2.05, 4.69) is 9.97 Å². The average Bonchev–Trinajstić information content (AvgIpc) is 2.47. The number of nitrogens with one attached hydrogen (secondary N) is 1. The molecule has 0 unspecified atom stereocenters. The van der Waals surface area contributed by atoms with Gasteiger partial charge in [-0.3, -0.25) is 4.79 Å². The van der Waals surface area contributed by atoms with Crippen LogP contribution in [0.2, 0.25) is 0 Å². The maximum absolute atomic E-state index is 12.6. The minimum absolute atomic E-state index is 0.100. The Bertz CT molecular complexity index is 1020. The predicted molar refractivity (Wildman–Crippen MR) is 83.7 cm³/mol. The summed E-state index contributed by atoms with van der Waals surface area (Å²) < 4.78 is 25.3. The van der Waals surface area contributed by atoms with Crippen LogP contribution in [-0.2, 0) is 9.84 Å². The van der Waals surface area contributed by atoms with E-state index in [9.17, 15) is 13.2 Å². The molecule has 0 saturated carbocycles. The molecule has 0 atom stereocenters. The largest absolute Gasteiger partial charge is 0.345 e. The lowest BCUT2D eigenvalue weighted by Gasteiger charge is -2.06. The van der Waals surface area contributed by atoms with Crippen molar-refractivity contribution < 1.29 is 8.42 Å². The molecule has 0 saturated heterocycles. The second-order valence-electron chi connectivity index (χ2n) is 5.15. The van der Waals surface area contributed by atoms with Crippen LogP contribution < -0.4 is 5.43 Å². The van der Waals surface area contributed by atoms with Gasteiger partial charge in [0.2, 0.25) is 15.3 Å². The number of hydrogen-bond acceptors (Lipinski definition) is 4. The zero-order valence-electron chi connectivity index (χ0n) is 12.1. The van der Waals surface area contributed by atoms with Gasteiger partial charge in [-0.05, 0) is 38.1 Å². The number of aromatic amines is 1. The smallest absolute Gasteiger partial charge is 0.211 e. The Kier molecular flexibility index (Phi) is 3.33. The zero-order chi connectivity index (χ0) is 15.9. The van der Waals surface area contributed by atoms with Crippen LogP contribution in [0, 0.1) is 13.8 Å². The topological polar surface area (TPSA) is 79.9 Å². The van der Waals surface area contributed by atoms with Crippen molar-refractivity contribution in [2.75, 3.05) is 0 Å². The van der Waals surface area contributed by atoms with Crippen molar-refractivity contribution in [1.29, 1.82) is 0 Å². The summed E-state index contributed by atoms with van der Waals surface area (Å²) >= 11 is 0. The highest BCUT2D eigenvalue weighted by atomic mass is 32.2. The van der Waals surface area contributed by atoms with Crippen LogP contribution in [0.25, 0.3) is 11.0 Å². The fourth-order valence-corrected chi connectivity index (χ4v) is 3.54. The highest BCUT2D eigenvalue weighted by Gasteiger charge is 2.22.